The zero-order chi connectivity index (χ0) is 9.84. The van der Waals surface area contributed by atoms with Gasteiger partial charge in [-0.2, -0.15) is 5.26 Å². The quantitative estimate of drug-likeness (QED) is 0.638. The number of nitrogens with zero attached hydrogens (tertiary/aromatic N) is 2. The molecule has 1 rings (SSSR count). The summed E-state index contributed by atoms with van der Waals surface area (Å²) >= 11 is 0.991. The maximum Gasteiger partial charge on any atom is 0.192 e. The second-order valence-corrected chi connectivity index (χ2v) is 3.68. The van der Waals surface area contributed by atoms with Crippen molar-refractivity contribution in [2.75, 3.05) is 0 Å². The maximum atomic E-state index is 10.8. The lowest BCUT2D eigenvalue weighted by atomic mass is 10.3. The molecule has 0 aliphatic rings. The Bertz CT molecular complexity index is 382. The summed E-state index contributed by atoms with van der Waals surface area (Å²) in [5.41, 5.74) is 1.26. The van der Waals surface area contributed by atoms with Crippen LogP contribution in [-0.2, 0) is 4.79 Å². The summed E-state index contributed by atoms with van der Waals surface area (Å²) in [6.07, 6.45) is 0. The molecule has 0 aliphatic carbocycles. The summed E-state index contributed by atoms with van der Waals surface area (Å²) in [5, 5.41) is 9.14. The van der Waals surface area contributed by atoms with Gasteiger partial charge < -0.3 is 0 Å². The molecule has 0 bridgehead atoms. The van der Waals surface area contributed by atoms with Crippen molar-refractivity contribution in [3.05, 3.63) is 23.4 Å². The fourth-order valence-corrected chi connectivity index (χ4v) is 1.52. The van der Waals surface area contributed by atoms with Crippen LogP contribution in [0.1, 0.15) is 18.2 Å². The lowest BCUT2D eigenvalue weighted by molar-refractivity contribution is -0.109. The van der Waals surface area contributed by atoms with Crippen LogP contribution in [0.25, 0.3) is 0 Å². The Labute approximate surface area is 80.8 Å². The molecule has 1 aromatic heterocycles. The SMILES string of the molecule is CC(=O)Sc1nc(C)ccc1C#N. The molecule has 0 unspecified atom stereocenters. The van der Waals surface area contributed by atoms with Crippen molar-refractivity contribution in [3.8, 4) is 6.07 Å². The van der Waals surface area contributed by atoms with E-state index in [-0.39, 0.29) is 5.12 Å². The molecule has 0 aliphatic heterocycles. The Morgan fingerprint density at radius 3 is 2.85 bits per heavy atom. The van der Waals surface area contributed by atoms with E-state index in [2.05, 4.69) is 4.98 Å². The van der Waals surface area contributed by atoms with Crippen LogP contribution < -0.4 is 0 Å². The summed E-state index contributed by atoms with van der Waals surface area (Å²) in [7, 11) is 0. The average Bonchev–Trinajstić information content (AvgIpc) is 2.03. The Morgan fingerprint density at radius 1 is 1.62 bits per heavy atom. The topological polar surface area (TPSA) is 53.8 Å². The monoisotopic (exact) mass is 192 g/mol. The predicted molar refractivity (Wildman–Crippen MR) is 50.2 cm³/mol. The third kappa shape index (κ3) is 2.56. The average molecular weight is 192 g/mol. The molecule has 0 saturated carbocycles. The van der Waals surface area contributed by atoms with Gasteiger partial charge in [0.25, 0.3) is 0 Å². The number of hydrogen-bond donors (Lipinski definition) is 0. The first-order valence-corrected chi connectivity index (χ1v) is 4.51. The molecule has 3 nitrogen and oxygen atoms in total. The Hall–Kier alpha value is -1.34. The highest BCUT2D eigenvalue weighted by molar-refractivity contribution is 8.13. The van der Waals surface area contributed by atoms with Crippen LogP contribution in [-0.4, -0.2) is 10.1 Å². The van der Waals surface area contributed by atoms with E-state index in [1.807, 2.05) is 13.0 Å². The first kappa shape index (κ1) is 9.75. The van der Waals surface area contributed by atoms with Crippen LogP contribution in [0, 0.1) is 18.3 Å². The molecule has 0 N–H and O–H groups in total. The number of thioether (sulfide) groups is 1. The zero-order valence-corrected chi connectivity index (χ0v) is 8.18. The maximum absolute atomic E-state index is 10.8. The molecular formula is C9H8N2OS. The van der Waals surface area contributed by atoms with Crippen molar-refractivity contribution in [2.45, 2.75) is 18.9 Å². The van der Waals surface area contributed by atoms with E-state index in [0.717, 1.165) is 17.5 Å². The van der Waals surface area contributed by atoms with Gasteiger partial charge >= 0.3 is 0 Å². The van der Waals surface area contributed by atoms with Gasteiger partial charge in [-0.25, -0.2) is 4.98 Å². The highest BCUT2D eigenvalue weighted by Crippen LogP contribution is 2.20. The summed E-state index contributed by atoms with van der Waals surface area (Å²) in [4.78, 5) is 14.9. The minimum absolute atomic E-state index is 0.0606. The fraction of sp³-hybridized carbons (Fsp3) is 0.222. The molecule has 0 atom stereocenters. The third-order valence-electron chi connectivity index (χ3n) is 1.36. The van der Waals surface area contributed by atoms with Gasteiger partial charge in [-0.05, 0) is 30.8 Å². The molecule has 0 fully saturated rings. The van der Waals surface area contributed by atoms with Crippen LogP contribution in [0.4, 0.5) is 0 Å². The van der Waals surface area contributed by atoms with E-state index in [1.165, 1.54) is 6.92 Å². The largest absolute Gasteiger partial charge is 0.287 e. The van der Waals surface area contributed by atoms with E-state index in [4.69, 9.17) is 5.26 Å². The van der Waals surface area contributed by atoms with E-state index in [1.54, 1.807) is 12.1 Å². The number of aryl methyl sites for hydroxylation is 1. The fourth-order valence-electron chi connectivity index (χ4n) is 0.832. The van der Waals surface area contributed by atoms with E-state index >= 15 is 0 Å². The van der Waals surface area contributed by atoms with Gasteiger partial charge in [0, 0.05) is 12.6 Å². The number of hydrogen-bond acceptors (Lipinski definition) is 4. The molecule has 1 aromatic rings. The summed E-state index contributed by atoms with van der Waals surface area (Å²) in [6.45, 7) is 3.28. The van der Waals surface area contributed by atoms with Gasteiger partial charge in [0.2, 0.25) is 0 Å². The number of nitriles is 1. The number of carbonyl (C=O) groups is 1. The molecule has 66 valence electrons. The van der Waals surface area contributed by atoms with Gasteiger partial charge in [0.15, 0.2) is 5.12 Å². The number of aromatic nitrogens is 1. The number of rotatable bonds is 1. The van der Waals surface area contributed by atoms with Crippen molar-refractivity contribution in [1.29, 1.82) is 5.26 Å². The summed E-state index contributed by atoms with van der Waals surface area (Å²) in [6, 6.07) is 5.42. The van der Waals surface area contributed by atoms with E-state index in [9.17, 15) is 4.79 Å². The van der Waals surface area contributed by atoms with E-state index in [0.29, 0.717) is 10.6 Å². The molecule has 1 heterocycles. The molecule has 0 saturated heterocycles. The van der Waals surface area contributed by atoms with Crippen molar-refractivity contribution in [1.82, 2.24) is 4.98 Å². The first-order chi connectivity index (χ1) is 6.13. The molecule has 4 heteroatoms. The highest BCUT2D eigenvalue weighted by Gasteiger charge is 2.06. The second kappa shape index (κ2) is 4.06. The van der Waals surface area contributed by atoms with Crippen LogP contribution >= 0.6 is 11.8 Å². The van der Waals surface area contributed by atoms with Crippen molar-refractivity contribution < 1.29 is 4.79 Å². The third-order valence-corrected chi connectivity index (χ3v) is 2.15. The minimum atomic E-state index is -0.0606. The van der Waals surface area contributed by atoms with Crippen LogP contribution in [0.3, 0.4) is 0 Å². The standard InChI is InChI=1S/C9H8N2OS/c1-6-3-4-8(5-10)9(11-6)13-7(2)12/h3-4H,1-2H3. The van der Waals surface area contributed by atoms with Crippen LogP contribution in [0.15, 0.2) is 17.2 Å². The summed E-state index contributed by atoms with van der Waals surface area (Å²) < 4.78 is 0. The van der Waals surface area contributed by atoms with Gasteiger partial charge in [-0.15, -0.1) is 0 Å². The van der Waals surface area contributed by atoms with Gasteiger partial charge in [0.05, 0.1) is 5.56 Å². The van der Waals surface area contributed by atoms with Gasteiger partial charge in [0.1, 0.15) is 11.1 Å². The Balaban J connectivity index is 3.10. The lowest BCUT2D eigenvalue weighted by Gasteiger charge is -2.00. The molecule has 0 spiro atoms. The Kier molecular flexibility index (Phi) is 3.04. The smallest absolute Gasteiger partial charge is 0.192 e. The lowest BCUT2D eigenvalue weighted by Crippen LogP contribution is -1.92. The van der Waals surface area contributed by atoms with Gasteiger partial charge in [-0.3, -0.25) is 4.79 Å². The Morgan fingerprint density at radius 2 is 2.31 bits per heavy atom. The highest BCUT2D eigenvalue weighted by atomic mass is 32.2. The molecular weight excluding hydrogens is 184 g/mol. The number of pyridine rings is 1. The first-order valence-electron chi connectivity index (χ1n) is 3.69. The normalized spacial score (nSPS) is 9.31. The molecule has 0 radical (unpaired) electrons. The van der Waals surface area contributed by atoms with Crippen LogP contribution in [0.5, 0.6) is 0 Å². The van der Waals surface area contributed by atoms with Crippen molar-refractivity contribution in [3.63, 3.8) is 0 Å². The molecule has 13 heavy (non-hydrogen) atoms. The van der Waals surface area contributed by atoms with E-state index < -0.39 is 0 Å². The predicted octanol–water partition coefficient (Wildman–Crippen LogP) is 1.90. The van der Waals surface area contributed by atoms with Crippen molar-refractivity contribution in [2.24, 2.45) is 0 Å². The summed E-state index contributed by atoms with van der Waals surface area (Å²) in [5.74, 6) is 0. The van der Waals surface area contributed by atoms with Crippen LogP contribution in [0.2, 0.25) is 0 Å². The number of carbonyl (C=O) groups excluding carboxylic acids is 1. The van der Waals surface area contributed by atoms with Gasteiger partial charge in [-0.1, -0.05) is 0 Å². The van der Waals surface area contributed by atoms with Crippen molar-refractivity contribution >= 4 is 16.9 Å². The zero-order valence-electron chi connectivity index (χ0n) is 7.37. The minimum Gasteiger partial charge on any atom is -0.287 e. The second-order valence-electron chi connectivity index (χ2n) is 2.51. The molecule has 0 aromatic carbocycles. The molecule has 0 amide bonds.